The second kappa shape index (κ2) is 5.95. The number of para-hydroxylation sites is 2. The molecule has 110 valence electrons. The Morgan fingerprint density at radius 1 is 1.14 bits per heavy atom. The smallest absolute Gasteiger partial charge is 0.241 e. The minimum atomic E-state index is 0.0871. The van der Waals surface area contributed by atoms with Crippen LogP contribution in [0.5, 0.6) is 0 Å². The highest BCUT2D eigenvalue weighted by Crippen LogP contribution is 2.18. The van der Waals surface area contributed by atoms with Gasteiger partial charge in [-0.25, -0.2) is 9.97 Å². The molecule has 0 spiro atoms. The number of nitrogens with two attached hydrogens (primary N) is 1. The van der Waals surface area contributed by atoms with Crippen LogP contribution in [-0.2, 0) is 4.79 Å². The van der Waals surface area contributed by atoms with E-state index in [9.17, 15) is 4.79 Å². The third kappa shape index (κ3) is 3.04. The number of hydrogen-bond donors (Lipinski definition) is 2. The zero-order valence-electron chi connectivity index (χ0n) is 11.9. The van der Waals surface area contributed by atoms with Crippen molar-refractivity contribution < 1.29 is 4.79 Å². The number of nitrogen functional groups attached to an aromatic ring is 1. The van der Waals surface area contributed by atoms with Gasteiger partial charge in [-0.05, 0) is 31.4 Å². The summed E-state index contributed by atoms with van der Waals surface area (Å²) in [6, 6.07) is 7.53. The van der Waals surface area contributed by atoms with Gasteiger partial charge in [-0.1, -0.05) is 12.1 Å². The average molecular weight is 285 g/mol. The van der Waals surface area contributed by atoms with Gasteiger partial charge in [0, 0.05) is 13.1 Å². The molecule has 3 rings (SSSR count). The van der Waals surface area contributed by atoms with Gasteiger partial charge in [-0.15, -0.1) is 0 Å². The molecule has 1 saturated heterocycles. The SMILES string of the molecule is Nc1nc2ccccc2nc1NCC(=O)N1CCCCC1. The summed E-state index contributed by atoms with van der Waals surface area (Å²) in [6.07, 6.45) is 3.38. The summed E-state index contributed by atoms with van der Waals surface area (Å²) in [5.41, 5.74) is 7.41. The first-order chi connectivity index (χ1) is 10.2. The third-order valence-corrected chi connectivity index (χ3v) is 3.71. The molecule has 0 radical (unpaired) electrons. The van der Waals surface area contributed by atoms with Crippen molar-refractivity contribution in [3.05, 3.63) is 24.3 Å². The molecule has 0 bridgehead atoms. The Morgan fingerprint density at radius 2 is 1.81 bits per heavy atom. The number of carbonyl (C=O) groups is 1. The number of anilines is 2. The van der Waals surface area contributed by atoms with E-state index in [1.54, 1.807) is 0 Å². The highest BCUT2D eigenvalue weighted by molar-refractivity contribution is 5.83. The molecule has 0 atom stereocenters. The first kappa shape index (κ1) is 13.6. The highest BCUT2D eigenvalue weighted by atomic mass is 16.2. The maximum atomic E-state index is 12.1. The number of aromatic nitrogens is 2. The lowest BCUT2D eigenvalue weighted by Gasteiger charge is -2.26. The fourth-order valence-corrected chi connectivity index (χ4v) is 2.56. The summed E-state index contributed by atoms with van der Waals surface area (Å²) in [5.74, 6) is 0.878. The van der Waals surface area contributed by atoms with Crippen molar-refractivity contribution in [2.45, 2.75) is 19.3 Å². The number of likely N-dealkylation sites (tertiary alicyclic amines) is 1. The Balaban J connectivity index is 1.69. The quantitative estimate of drug-likeness (QED) is 0.895. The number of benzene rings is 1. The molecule has 3 N–H and O–H groups in total. The average Bonchev–Trinajstić information content (AvgIpc) is 2.53. The van der Waals surface area contributed by atoms with E-state index < -0.39 is 0 Å². The van der Waals surface area contributed by atoms with Crippen LogP contribution in [0.3, 0.4) is 0 Å². The van der Waals surface area contributed by atoms with Crippen LogP contribution in [0.25, 0.3) is 11.0 Å². The first-order valence-corrected chi connectivity index (χ1v) is 7.28. The van der Waals surface area contributed by atoms with Crippen molar-refractivity contribution in [2.75, 3.05) is 30.7 Å². The van der Waals surface area contributed by atoms with Crippen molar-refractivity contribution in [1.29, 1.82) is 0 Å². The van der Waals surface area contributed by atoms with E-state index in [1.807, 2.05) is 29.2 Å². The topological polar surface area (TPSA) is 84.1 Å². The summed E-state index contributed by atoms with van der Waals surface area (Å²) in [4.78, 5) is 22.7. The van der Waals surface area contributed by atoms with Gasteiger partial charge in [0.15, 0.2) is 11.6 Å². The molecular formula is C15H19N5O. The lowest BCUT2D eigenvalue weighted by molar-refractivity contribution is -0.130. The Hall–Kier alpha value is -2.37. The molecule has 1 aromatic carbocycles. The van der Waals surface area contributed by atoms with Crippen LogP contribution in [0.1, 0.15) is 19.3 Å². The predicted molar refractivity (Wildman–Crippen MR) is 82.9 cm³/mol. The maximum absolute atomic E-state index is 12.1. The third-order valence-electron chi connectivity index (χ3n) is 3.71. The zero-order valence-corrected chi connectivity index (χ0v) is 11.9. The Labute approximate surface area is 123 Å². The van der Waals surface area contributed by atoms with E-state index in [1.165, 1.54) is 6.42 Å². The number of rotatable bonds is 3. The summed E-state index contributed by atoms with van der Waals surface area (Å²) >= 11 is 0. The fourth-order valence-electron chi connectivity index (χ4n) is 2.56. The van der Waals surface area contributed by atoms with E-state index in [4.69, 9.17) is 5.73 Å². The molecule has 21 heavy (non-hydrogen) atoms. The number of nitrogens with one attached hydrogen (secondary N) is 1. The van der Waals surface area contributed by atoms with Gasteiger partial charge in [0.25, 0.3) is 0 Å². The monoisotopic (exact) mass is 285 g/mol. The number of nitrogens with zero attached hydrogens (tertiary/aromatic N) is 3. The fraction of sp³-hybridized carbons (Fsp3) is 0.400. The molecule has 6 nitrogen and oxygen atoms in total. The molecule has 0 saturated carbocycles. The van der Waals surface area contributed by atoms with Gasteiger partial charge in [0.05, 0.1) is 17.6 Å². The highest BCUT2D eigenvalue weighted by Gasteiger charge is 2.16. The number of fused-ring (bicyclic) bond motifs is 1. The van der Waals surface area contributed by atoms with Gasteiger partial charge in [0.2, 0.25) is 5.91 Å². The van der Waals surface area contributed by atoms with E-state index in [-0.39, 0.29) is 12.5 Å². The number of hydrogen-bond acceptors (Lipinski definition) is 5. The molecule has 0 aliphatic carbocycles. The minimum Gasteiger partial charge on any atom is -0.381 e. The number of piperidine rings is 1. The molecular weight excluding hydrogens is 266 g/mol. The number of carbonyl (C=O) groups excluding carboxylic acids is 1. The molecule has 1 aromatic heterocycles. The van der Waals surface area contributed by atoms with Gasteiger partial charge < -0.3 is 16.0 Å². The standard InChI is InChI=1S/C15H19N5O/c16-14-15(19-12-7-3-2-6-11(12)18-14)17-10-13(21)20-8-4-1-5-9-20/h2-3,6-7H,1,4-5,8-10H2,(H2,16,18)(H,17,19). The van der Waals surface area contributed by atoms with E-state index in [0.717, 1.165) is 37.0 Å². The van der Waals surface area contributed by atoms with Gasteiger partial charge in [-0.3, -0.25) is 4.79 Å². The lowest BCUT2D eigenvalue weighted by Crippen LogP contribution is -2.39. The van der Waals surface area contributed by atoms with Crippen molar-refractivity contribution in [2.24, 2.45) is 0 Å². The van der Waals surface area contributed by atoms with Crippen LogP contribution < -0.4 is 11.1 Å². The van der Waals surface area contributed by atoms with Crippen LogP contribution in [-0.4, -0.2) is 40.4 Å². The van der Waals surface area contributed by atoms with Crippen LogP contribution in [0.2, 0.25) is 0 Å². The largest absolute Gasteiger partial charge is 0.381 e. The zero-order chi connectivity index (χ0) is 14.7. The Morgan fingerprint density at radius 3 is 2.52 bits per heavy atom. The van der Waals surface area contributed by atoms with Crippen molar-refractivity contribution >= 4 is 28.6 Å². The van der Waals surface area contributed by atoms with E-state index >= 15 is 0 Å². The normalized spacial score (nSPS) is 15.1. The predicted octanol–water partition coefficient (Wildman–Crippen LogP) is 1.64. The lowest BCUT2D eigenvalue weighted by atomic mass is 10.1. The molecule has 0 unspecified atom stereocenters. The van der Waals surface area contributed by atoms with Gasteiger partial charge in [0.1, 0.15) is 0 Å². The summed E-state index contributed by atoms with van der Waals surface area (Å²) in [5, 5.41) is 3.01. The molecule has 1 fully saturated rings. The van der Waals surface area contributed by atoms with Gasteiger partial charge in [-0.2, -0.15) is 0 Å². The number of amides is 1. The maximum Gasteiger partial charge on any atom is 0.241 e. The molecule has 6 heteroatoms. The molecule has 2 aromatic rings. The van der Waals surface area contributed by atoms with Crippen molar-refractivity contribution in [1.82, 2.24) is 14.9 Å². The van der Waals surface area contributed by atoms with Gasteiger partial charge >= 0.3 is 0 Å². The Bertz CT molecular complexity index is 652. The second-order valence-corrected chi connectivity index (χ2v) is 5.24. The molecule has 2 heterocycles. The second-order valence-electron chi connectivity index (χ2n) is 5.24. The minimum absolute atomic E-state index is 0.0871. The Kier molecular flexibility index (Phi) is 3.85. The molecule has 1 amide bonds. The van der Waals surface area contributed by atoms with Crippen LogP contribution in [0.4, 0.5) is 11.6 Å². The molecule has 1 aliphatic rings. The van der Waals surface area contributed by atoms with E-state index in [0.29, 0.717) is 11.6 Å². The summed E-state index contributed by atoms with van der Waals surface area (Å²) in [6.45, 7) is 1.90. The molecule has 1 aliphatic heterocycles. The van der Waals surface area contributed by atoms with Crippen LogP contribution in [0.15, 0.2) is 24.3 Å². The first-order valence-electron chi connectivity index (χ1n) is 7.28. The van der Waals surface area contributed by atoms with E-state index in [2.05, 4.69) is 15.3 Å². The van der Waals surface area contributed by atoms with Crippen LogP contribution >= 0.6 is 0 Å². The van der Waals surface area contributed by atoms with Crippen LogP contribution in [0, 0.1) is 0 Å². The van der Waals surface area contributed by atoms with Crippen molar-refractivity contribution in [3.8, 4) is 0 Å². The summed E-state index contributed by atoms with van der Waals surface area (Å²) < 4.78 is 0. The van der Waals surface area contributed by atoms with Crippen molar-refractivity contribution in [3.63, 3.8) is 0 Å². The summed E-state index contributed by atoms with van der Waals surface area (Å²) in [7, 11) is 0.